The summed E-state index contributed by atoms with van der Waals surface area (Å²) in [6, 6.07) is 16.5. The molecule has 1 aliphatic rings. The van der Waals surface area contributed by atoms with Gasteiger partial charge in [0.25, 0.3) is 0 Å². The highest BCUT2D eigenvalue weighted by Crippen LogP contribution is 2.25. The first-order chi connectivity index (χ1) is 13.9. The summed E-state index contributed by atoms with van der Waals surface area (Å²) in [6.45, 7) is 5.25. The molecular formula is C23H26N4O2. The molecule has 2 amide bonds. The van der Waals surface area contributed by atoms with Crippen molar-refractivity contribution in [1.29, 1.82) is 5.26 Å². The van der Waals surface area contributed by atoms with Crippen LogP contribution in [0.1, 0.15) is 38.7 Å². The Balaban J connectivity index is 1.65. The first-order valence-corrected chi connectivity index (χ1v) is 9.89. The van der Waals surface area contributed by atoms with E-state index in [1.165, 1.54) is 19.3 Å². The van der Waals surface area contributed by atoms with Crippen LogP contribution >= 0.6 is 0 Å². The Morgan fingerprint density at radius 2 is 1.55 bits per heavy atom. The Bertz CT molecular complexity index is 923. The van der Waals surface area contributed by atoms with Crippen LogP contribution in [0.5, 0.6) is 0 Å². The van der Waals surface area contributed by atoms with Crippen molar-refractivity contribution in [2.75, 3.05) is 28.6 Å². The van der Waals surface area contributed by atoms with Crippen LogP contribution in [0.4, 0.5) is 17.1 Å². The quantitative estimate of drug-likeness (QED) is 0.751. The molecule has 2 aromatic carbocycles. The van der Waals surface area contributed by atoms with Gasteiger partial charge in [0.1, 0.15) is 11.5 Å². The minimum atomic E-state index is -1.31. The number of carbonyl (C=O) groups excluding carboxylic acids is 2. The van der Waals surface area contributed by atoms with Crippen LogP contribution in [0, 0.1) is 16.7 Å². The van der Waals surface area contributed by atoms with Crippen molar-refractivity contribution in [2.45, 2.75) is 33.1 Å². The van der Waals surface area contributed by atoms with Gasteiger partial charge < -0.3 is 15.5 Å². The topological polar surface area (TPSA) is 85.2 Å². The molecule has 3 rings (SSSR count). The number of piperidine rings is 1. The summed E-state index contributed by atoms with van der Waals surface area (Å²) >= 11 is 0. The lowest BCUT2D eigenvalue weighted by Crippen LogP contribution is -2.41. The van der Waals surface area contributed by atoms with Crippen molar-refractivity contribution < 1.29 is 9.59 Å². The van der Waals surface area contributed by atoms with Crippen LogP contribution in [0.2, 0.25) is 0 Å². The molecule has 6 nitrogen and oxygen atoms in total. The molecule has 0 atom stereocenters. The molecule has 1 fully saturated rings. The monoisotopic (exact) mass is 390 g/mol. The van der Waals surface area contributed by atoms with Crippen LogP contribution in [-0.2, 0) is 9.59 Å². The molecule has 1 saturated heterocycles. The first-order valence-electron chi connectivity index (χ1n) is 9.89. The van der Waals surface area contributed by atoms with E-state index in [1.54, 1.807) is 38.1 Å². The second-order valence-electron chi connectivity index (χ2n) is 7.79. The number of benzene rings is 2. The Morgan fingerprint density at radius 1 is 0.931 bits per heavy atom. The summed E-state index contributed by atoms with van der Waals surface area (Å²) in [5, 5.41) is 14.7. The Kier molecular flexibility index (Phi) is 6.18. The maximum Gasteiger partial charge on any atom is 0.239 e. The van der Waals surface area contributed by atoms with Gasteiger partial charge in [-0.1, -0.05) is 12.1 Å². The largest absolute Gasteiger partial charge is 0.372 e. The highest BCUT2D eigenvalue weighted by molar-refractivity contribution is 6.14. The predicted octanol–water partition coefficient (Wildman–Crippen LogP) is 4.15. The fourth-order valence-corrected chi connectivity index (χ4v) is 3.27. The molecule has 6 heteroatoms. The molecule has 0 radical (unpaired) electrons. The zero-order valence-corrected chi connectivity index (χ0v) is 16.9. The number of hydrogen-bond donors (Lipinski definition) is 2. The Morgan fingerprint density at radius 3 is 2.21 bits per heavy atom. The number of nitrogens with zero attached hydrogens (tertiary/aromatic N) is 2. The molecule has 1 heterocycles. The lowest BCUT2D eigenvalue weighted by Gasteiger charge is -2.29. The minimum Gasteiger partial charge on any atom is -0.372 e. The highest BCUT2D eigenvalue weighted by Gasteiger charge is 2.36. The van der Waals surface area contributed by atoms with Crippen LogP contribution < -0.4 is 15.5 Å². The molecule has 150 valence electrons. The van der Waals surface area contributed by atoms with Crippen molar-refractivity contribution in [1.82, 2.24) is 0 Å². The number of rotatable bonds is 5. The average Bonchev–Trinajstić information content (AvgIpc) is 2.75. The number of amides is 2. The SMILES string of the molecule is CC(C)(C(=O)Nc1ccc(N2CCCCC2)cc1)C(=O)Nc1ccccc1C#N. The Labute approximate surface area is 171 Å². The molecule has 0 unspecified atom stereocenters. The first kappa shape index (κ1) is 20.4. The van der Waals surface area contributed by atoms with Crippen LogP contribution in [0.3, 0.4) is 0 Å². The summed E-state index contributed by atoms with van der Waals surface area (Å²) in [6.07, 6.45) is 3.69. The normalized spacial score (nSPS) is 14.0. The van der Waals surface area contributed by atoms with Crippen molar-refractivity contribution in [3.05, 3.63) is 54.1 Å². The fraction of sp³-hybridized carbons (Fsp3) is 0.348. The summed E-state index contributed by atoms with van der Waals surface area (Å²) in [5.74, 6) is -0.877. The standard InChI is InChI=1S/C23H26N4O2/c1-23(2,22(29)26-20-9-5-4-8-17(20)16-24)21(28)25-18-10-12-19(13-11-18)27-14-6-3-7-15-27/h4-5,8-13H,3,6-7,14-15H2,1-2H3,(H,25,28)(H,26,29). The maximum atomic E-state index is 12.8. The third-order valence-electron chi connectivity index (χ3n) is 5.28. The minimum absolute atomic E-state index is 0.352. The molecule has 0 spiro atoms. The summed E-state index contributed by atoms with van der Waals surface area (Å²) in [7, 11) is 0. The van der Waals surface area contributed by atoms with E-state index < -0.39 is 17.2 Å². The summed E-state index contributed by atoms with van der Waals surface area (Å²) < 4.78 is 0. The predicted molar refractivity (Wildman–Crippen MR) is 115 cm³/mol. The van der Waals surface area contributed by atoms with Gasteiger partial charge in [0.05, 0.1) is 11.3 Å². The lowest BCUT2D eigenvalue weighted by atomic mass is 9.90. The van der Waals surface area contributed by atoms with E-state index >= 15 is 0 Å². The molecule has 29 heavy (non-hydrogen) atoms. The third-order valence-corrected chi connectivity index (χ3v) is 5.28. The molecule has 1 aliphatic heterocycles. The van der Waals surface area contributed by atoms with Crippen molar-refractivity contribution in [3.63, 3.8) is 0 Å². The molecule has 0 aliphatic carbocycles. The third kappa shape index (κ3) is 4.75. The summed E-state index contributed by atoms with van der Waals surface area (Å²) in [5.41, 5.74) is 1.23. The van der Waals surface area contributed by atoms with Crippen molar-refractivity contribution >= 4 is 28.9 Å². The molecule has 2 aromatic rings. The second kappa shape index (κ2) is 8.78. The lowest BCUT2D eigenvalue weighted by molar-refractivity contribution is -0.135. The number of anilines is 3. The van der Waals surface area contributed by atoms with Gasteiger partial charge in [0.2, 0.25) is 11.8 Å². The van der Waals surface area contributed by atoms with Gasteiger partial charge in [0, 0.05) is 24.5 Å². The molecular weight excluding hydrogens is 364 g/mol. The van der Waals surface area contributed by atoms with Gasteiger partial charge in [-0.2, -0.15) is 5.26 Å². The van der Waals surface area contributed by atoms with E-state index in [1.807, 2.05) is 30.3 Å². The van der Waals surface area contributed by atoms with E-state index in [-0.39, 0.29) is 0 Å². The number of para-hydroxylation sites is 1. The smallest absolute Gasteiger partial charge is 0.239 e. The molecule has 0 aromatic heterocycles. The van der Waals surface area contributed by atoms with E-state index in [4.69, 9.17) is 0 Å². The number of nitriles is 1. The van der Waals surface area contributed by atoms with Crippen LogP contribution in [-0.4, -0.2) is 24.9 Å². The number of hydrogen-bond acceptors (Lipinski definition) is 4. The molecule has 0 saturated carbocycles. The second-order valence-corrected chi connectivity index (χ2v) is 7.79. The number of carbonyl (C=O) groups is 2. The van der Waals surface area contributed by atoms with E-state index in [9.17, 15) is 14.9 Å². The van der Waals surface area contributed by atoms with Gasteiger partial charge >= 0.3 is 0 Å². The molecule has 2 N–H and O–H groups in total. The summed E-state index contributed by atoms with van der Waals surface area (Å²) in [4.78, 5) is 27.8. The number of nitrogens with one attached hydrogen (secondary N) is 2. The average molecular weight is 390 g/mol. The van der Waals surface area contributed by atoms with Crippen molar-refractivity contribution in [2.24, 2.45) is 5.41 Å². The maximum absolute atomic E-state index is 12.8. The zero-order chi connectivity index (χ0) is 20.9. The van der Waals surface area contributed by atoms with Crippen LogP contribution in [0.25, 0.3) is 0 Å². The van der Waals surface area contributed by atoms with E-state index in [0.29, 0.717) is 16.9 Å². The fourth-order valence-electron chi connectivity index (χ4n) is 3.27. The van der Waals surface area contributed by atoms with E-state index in [2.05, 4.69) is 15.5 Å². The van der Waals surface area contributed by atoms with Gasteiger partial charge in [-0.3, -0.25) is 9.59 Å². The zero-order valence-electron chi connectivity index (χ0n) is 16.9. The van der Waals surface area contributed by atoms with Gasteiger partial charge in [0.15, 0.2) is 0 Å². The highest BCUT2D eigenvalue weighted by atomic mass is 16.2. The van der Waals surface area contributed by atoms with Gasteiger partial charge in [-0.15, -0.1) is 0 Å². The van der Waals surface area contributed by atoms with E-state index in [0.717, 1.165) is 18.8 Å². The molecule has 0 bridgehead atoms. The van der Waals surface area contributed by atoms with Crippen molar-refractivity contribution in [3.8, 4) is 6.07 Å². The van der Waals surface area contributed by atoms with Gasteiger partial charge in [-0.25, -0.2) is 0 Å². The van der Waals surface area contributed by atoms with Gasteiger partial charge in [-0.05, 0) is 69.5 Å². The van der Waals surface area contributed by atoms with Crippen LogP contribution in [0.15, 0.2) is 48.5 Å². The Hall–Kier alpha value is -3.33.